The van der Waals surface area contributed by atoms with Crippen LogP contribution in [-0.2, 0) is 11.2 Å². The highest BCUT2D eigenvalue weighted by molar-refractivity contribution is 6.04. The zero-order valence-electron chi connectivity index (χ0n) is 17.3. The van der Waals surface area contributed by atoms with Crippen molar-refractivity contribution >= 4 is 28.9 Å². The van der Waals surface area contributed by atoms with Crippen molar-refractivity contribution < 1.29 is 19.1 Å². The molecule has 1 amide bonds. The van der Waals surface area contributed by atoms with Gasteiger partial charge < -0.3 is 21.1 Å². The topological polar surface area (TPSA) is 125 Å². The molecule has 1 atom stereocenters. The first-order valence-corrected chi connectivity index (χ1v) is 10.0. The van der Waals surface area contributed by atoms with Crippen LogP contribution < -0.4 is 26.8 Å². The smallest absolute Gasteiger partial charge is 0.326 e. The molecule has 0 aliphatic heterocycles. The van der Waals surface area contributed by atoms with Gasteiger partial charge in [-0.2, -0.15) is 0 Å². The number of halogens is 1. The van der Waals surface area contributed by atoms with Gasteiger partial charge in [0.1, 0.15) is 23.2 Å². The van der Waals surface area contributed by atoms with Crippen LogP contribution in [0.25, 0.3) is 0 Å². The van der Waals surface area contributed by atoms with Crippen LogP contribution in [0.2, 0.25) is 0 Å². The third-order valence-electron chi connectivity index (χ3n) is 4.85. The fraction of sp³-hybridized carbons (Fsp3) is 0.217. The molecule has 3 rings (SSSR count). The number of benzene rings is 2. The molecule has 3 aromatic carbocycles. The minimum atomic E-state index is -1.18. The molecule has 0 aliphatic rings. The molecule has 0 saturated carbocycles. The van der Waals surface area contributed by atoms with Gasteiger partial charge in [-0.25, -0.2) is 9.18 Å². The Balaban J connectivity index is 1.68. The van der Waals surface area contributed by atoms with Gasteiger partial charge in [-0.1, -0.05) is 31.2 Å². The SMILES string of the molecule is CCCNc1c(NC(Cc2ccc(NC(=O)c3ccccc3F)cc2)C(=O)O)c(=O)c1=O. The highest BCUT2D eigenvalue weighted by atomic mass is 19.1. The zero-order chi connectivity index (χ0) is 23.3. The molecular formula is C23H22FN3O5. The van der Waals surface area contributed by atoms with E-state index in [9.17, 15) is 28.7 Å². The number of amides is 1. The third-order valence-corrected chi connectivity index (χ3v) is 4.85. The van der Waals surface area contributed by atoms with E-state index in [0.29, 0.717) is 17.8 Å². The summed E-state index contributed by atoms with van der Waals surface area (Å²) in [6, 6.07) is 10.8. The molecule has 0 fully saturated rings. The maximum absolute atomic E-state index is 13.7. The largest absolute Gasteiger partial charge is 0.480 e. The van der Waals surface area contributed by atoms with Crippen molar-refractivity contribution in [2.24, 2.45) is 0 Å². The lowest BCUT2D eigenvalue weighted by Crippen LogP contribution is -2.42. The van der Waals surface area contributed by atoms with Crippen LogP contribution in [0.1, 0.15) is 29.3 Å². The molecule has 0 saturated heterocycles. The normalized spacial score (nSPS) is 11.7. The summed E-state index contributed by atoms with van der Waals surface area (Å²) in [6.07, 6.45) is 0.767. The maximum Gasteiger partial charge on any atom is 0.326 e. The summed E-state index contributed by atoms with van der Waals surface area (Å²) < 4.78 is 13.7. The molecule has 166 valence electrons. The highest BCUT2D eigenvalue weighted by Gasteiger charge is 2.26. The first-order valence-electron chi connectivity index (χ1n) is 10.0. The Morgan fingerprint density at radius 2 is 1.66 bits per heavy atom. The summed E-state index contributed by atoms with van der Waals surface area (Å²) in [5.74, 6) is -2.42. The van der Waals surface area contributed by atoms with Crippen molar-refractivity contribution in [1.82, 2.24) is 0 Å². The van der Waals surface area contributed by atoms with Gasteiger partial charge in [0.15, 0.2) is 0 Å². The first-order chi connectivity index (χ1) is 15.3. The van der Waals surface area contributed by atoms with Crippen LogP contribution in [-0.4, -0.2) is 29.6 Å². The van der Waals surface area contributed by atoms with Crippen LogP contribution >= 0.6 is 0 Å². The van der Waals surface area contributed by atoms with E-state index in [1.807, 2.05) is 6.92 Å². The number of aliphatic carboxylic acids is 1. The molecule has 0 radical (unpaired) electrons. The van der Waals surface area contributed by atoms with Gasteiger partial charge in [0, 0.05) is 18.7 Å². The number of carboxylic acids is 1. The van der Waals surface area contributed by atoms with Crippen molar-refractivity contribution in [3.05, 3.63) is 85.9 Å². The van der Waals surface area contributed by atoms with Crippen molar-refractivity contribution in [3.8, 4) is 0 Å². The summed E-state index contributed by atoms with van der Waals surface area (Å²) >= 11 is 0. The lowest BCUT2D eigenvalue weighted by atomic mass is 10.0. The summed E-state index contributed by atoms with van der Waals surface area (Å²) in [7, 11) is 0. The lowest BCUT2D eigenvalue weighted by Gasteiger charge is -2.20. The van der Waals surface area contributed by atoms with Crippen molar-refractivity contribution in [3.63, 3.8) is 0 Å². The molecule has 32 heavy (non-hydrogen) atoms. The highest BCUT2D eigenvalue weighted by Crippen LogP contribution is 2.19. The predicted molar refractivity (Wildman–Crippen MR) is 120 cm³/mol. The van der Waals surface area contributed by atoms with E-state index in [4.69, 9.17) is 0 Å². The predicted octanol–water partition coefficient (Wildman–Crippen LogP) is 2.60. The molecule has 4 N–H and O–H groups in total. The number of carbonyl (C=O) groups excluding carboxylic acids is 1. The molecular weight excluding hydrogens is 417 g/mol. The summed E-state index contributed by atoms with van der Waals surface area (Å²) in [6.45, 7) is 2.38. The van der Waals surface area contributed by atoms with Gasteiger partial charge in [-0.3, -0.25) is 14.4 Å². The van der Waals surface area contributed by atoms with Gasteiger partial charge >= 0.3 is 5.97 Å². The first kappa shape index (κ1) is 22.7. The van der Waals surface area contributed by atoms with Crippen molar-refractivity contribution in [2.75, 3.05) is 22.5 Å². The molecule has 0 aliphatic carbocycles. The molecule has 0 aromatic heterocycles. The van der Waals surface area contributed by atoms with Gasteiger partial charge in [-0.05, 0) is 36.2 Å². The number of nitrogens with one attached hydrogen (secondary N) is 3. The molecule has 3 aromatic rings. The standard InChI is InChI=1S/C23H22FN3O5/c1-2-11-25-18-19(21(29)20(18)28)27-17(23(31)32)12-13-7-9-14(10-8-13)26-22(30)15-5-3-4-6-16(15)24/h3-10,17,25,27H,2,11-12H2,1H3,(H,26,30)(H,31,32). The Kier molecular flexibility index (Phi) is 6.99. The van der Waals surface area contributed by atoms with E-state index in [1.54, 1.807) is 30.3 Å². The van der Waals surface area contributed by atoms with Gasteiger partial charge in [0.05, 0.1) is 5.56 Å². The van der Waals surface area contributed by atoms with Crippen LogP contribution in [0.4, 0.5) is 21.5 Å². The van der Waals surface area contributed by atoms with Gasteiger partial charge in [0.2, 0.25) is 0 Å². The quantitative estimate of drug-likeness (QED) is 0.358. The lowest BCUT2D eigenvalue weighted by molar-refractivity contribution is -0.137. The second-order valence-corrected chi connectivity index (χ2v) is 7.21. The number of carboxylic acid groups (broad SMARTS) is 1. The fourth-order valence-electron chi connectivity index (χ4n) is 3.13. The van der Waals surface area contributed by atoms with Gasteiger partial charge in [0.25, 0.3) is 16.8 Å². The summed E-state index contributed by atoms with van der Waals surface area (Å²) in [5.41, 5.74) is -0.391. The Hall–Kier alpha value is -4.01. The van der Waals surface area contributed by atoms with E-state index in [1.165, 1.54) is 18.2 Å². The van der Waals surface area contributed by atoms with Crippen LogP contribution in [0, 0.1) is 5.82 Å². The Morgan fingerprint density at radius 1 is 1.00 bits per heavy atom. The van der Waals surface area contributed by atoms with Crippen LogP contribution in [0.5, 0.6) is 0 Å². The van der Waals surface area contributed by atoms with E-state index >= 15 is 0 Å². The number of hydrogen-bond acceptors (Lipinski definition) is 6. The molecule has 0 heterocycles. The second kappa shape index (κ2) is 9.86. The van der Waals surface area contributed by atoms with Crippen LogP contribution in [0.15, 0.2) is 58.1 Å². The summed E-state index contributed by atoms with van der Waals surface area (Å²) in [5, 5.41) is 17.6. The minimum Gasteiger partial charge on any atom is -0.480 e. The van der Waals surface area contributed by atoms with E-state index < -0.39 is 34.6 Å². The zero-order valence-corrected chi connectivity index (χ0v) is 17.3. The fourth-order valence-corrected chi connectivity index (χ4v) is 3.13. The van der Waals surface area contributed by atoms with Crippen molar-refractivity contribution in [1.29, 1.82) is 0 Å². The Labute approximate surface area is 182 Å². The average Bonchev–Trinajstić information content (AvgIpc) is 2.78. The van der Waals surface area contributed by atoms with Crippen LogP contribution in [0.3, 0.4) is 0 Å². The molecule has 9 heteroatoms. The van der Waals surface area contributed by atoms with Crippen molar-refractivity contribution in [2.45, 2.75) is 25.8 Å². The van der Waals surface area contributed by atoms with Gasteiger partial charge in [-0.15, -0.1) is 0 Å². The molecule has 1 unspecified atom stereocenters. The number of carbonyl (C=O) groups is 2. The summed E-state index contributed by atoms with van der Waals surface area (Å²) in [4.78, 5) is 47.5. The van der Waals surface area contributed by atoms with E-state index in [0.717, 1.165) is 6.42 Å². The second-order valence-electron chi connectivity index (χ2n) is 7.21. The molecule has 0 spiro atoms. The third kappa shape index (κ3) is 5.00. The number of rotatable bonds is 10. The van der Waals surface area contributed by atoms with E-state index in [-0.39, 0.29) is 23.4 Å². The number of hydrogen-bond donors (Lipinski definition) is 4. The Morgan fingerprint density at radius 3 is 2.28 bits per heavy atom. The maximum atomic E-state index is 13.7. The Bertz CT molecular complexity index is 1200. The minimum absolute atomic E-state index is 0.0235. The monoisotopic (exact) mass is 439 g/mol. The number of anilines is 3. The van der Waals surface area contributed by atoms with E-state index in [2.05, 4.69) is 16.0 Å². The molecule has 0 bridgehead atoms. The molecule has 8 nitrogen and oxygen atoms in total. The average molecular weight is 439 g/mol.